The van der Waals surface area contributed by atoms with Crippen LogP contribution in [0.4, 0.5) is 0 Å². The van der Waals surface area contributed by atoms with Crippen LogP contribution in [0.3, 0.4) is 0 Å². The third kappa shape index (κ3) is 5.33. The molecule has 1 saturated heterocycles. The number of halogens is 1. The number of benzene rings is 1. The number of nitrogens with zero attached hydrogens (tertiary/aromatic N) is 3. The van der Waals surface area contributed by atoms with Crippen LogP contribution in [0.1, 0.15) is 28.2 Å². The Morgan fingerprint density at radius 3 is 2.93 bits per heavy atom. The number of aromatic nitrogens is 3. The molecule has 1 aliphatic heterocycles. The smallest absolute Gasteiger partial charge is 0.251 e. The molecule has 1 N–H and O–H groups in total. The topological polar surface area (TPSA) is 86.2 Å². The second-order valence-electron chi connectivity index (χ2n) is 7.10. The highest BCUT2D eigenvalue weighted by molar-refractivity contribution is 7.18. The van der Waals surface area contributed by atoms with E-state index in [9.17, 15) is 4.79 Å². The average molecular weight is 445 g/mol. The SMILES string of the molecule is Cc1ccc(CNC(=O)c2cc(OCC3CCOC3)cc(-c3ncc(Cl)s3)c2)nn1. The first-order valence-corrected chi connectivity index (χ1v) is 10.8. The number of hydrogen-bond donors (Lipinski definition) is 1. The van der Waals surface area contributed by atoms with Gasteiger partial charge in [-0.3, -0.25) is 4.79 Å². The molecular weight excluding hydrogens is 424 g/mol. The lowest BCUT2D eigenvalue weighted by molar-refractivity contribution is 0.0949. The summed E-state index contributed by atoms with van der Waals surface area (Å²) >= 11 is 7.40. The summed E-state index contributed by atoms with van der Waals surface area (Å²) < 4.78 is 12.0. The maximum atomic E-state index is 12.8. The highest BCUT2D eigenvalue weighted by Crippen LogP contribution is 2.32. The van der Waals surface area contributed by atoms with E-state index < -0.39 is 0 Å². The van der Waals surface area contributed by atoms with Crippen molar-refractivity contribution in [3.05, 3.63) is 57.8 Å². The van der Waals surface area contributed by atoms with Gasteiger partial charge in [-0.05, 0) is 43.7 Å². The average Bonchev–Trinajstić information content (AvgIpc) is 3.43. The molecule has 0 spiro atoms. The van der Waals surface area contributed by atoms with Crippen molar-refractivity contribution in [2.75, 3.05) is 19.8 Å². The minimum absolute atomic E-state index is 0.226. The van der Waals surface area contributed by atoms with Crippen molar-refractivity contribution in [3.8, 4) is 16.3 Å². The summed E-state index contributed by atoms with van der Waals surface area (Å²) in [6.07, 6.45) is 2.58. The largest absolute Gasteiger partial charge is 0.493 e. The Labute approximate surface area is 183 Å². The van der Waals surface area contributed by atoms with E-state index in [0.29, 0.717) is 40.5 Å². The van der Waals surface area contributed by atoms with E-state index in [1.807, 2.05) is 25.1 Å². The lowest BCUT2D eigenvalue weighted by Gasteiger charge is -2.13. The summed E-state index contributed by atoms with van der Waals surface area (Å²) in [5, 5.41) is 11.7. The molecule has 3 aromatic rings. The molecule has 1 atom stereocenters. The van der Waals surface area contributed by atoms with Crippen molar-refractivity contribution in [1.29, 1.82) is 0 Å². The van der Waals surface area contributed by atoms with Gasteiger partial charge in [0.15, 0.2) is 0 Å². The standard InChI is InChI=1S/C21H21ClN4O3S/c1-13-2-3-17(26-25-13)9-23-20(27)15-6-16(21-24-10-19(22)30-21)8-18(7-15)29-12-14-4-5-28-11-14/h2-3,6-8,10,14H,4-5,9,11-12H2,1H3,(H,23,27). The van der Waals surface area contributed by atoms with E-state index in [-0.39, 0.29) is 12.5 Å². The summed E-state index contributed by atoms with van der Waals surface area (Å²) in [6, 6.07) is 9.11. The van der Waals surface area contributed by atoms with Gasteiger partial charge >= 0.3 is 0 Å². The van der Waals surface area contributed by atoms with Crippen LogP contribution >= 0.6 is 22.9 Å². The minimum atomic E-state index is -0.226. The molecular formula is C21H21ClN4O3S. The predicted molar refractivity (Wildman–Crippen MR) is 115 cm³/mol. The Bertz CT molecular complexity index is 1020. The van der Waals surface area contributed by atoms with Crippen molar-refractivity contribution < 1.29 is 14.3 Å². The maximum absolute atomic E-state index is 12.8. The summed E-state index contributed by atoms with van der Waals surface area (Å²) in [7, 11) is 0. The molecule has 1 aliphatic rings. The van der Waals surface area contributed by atoms with Crippen molar-refractivity contribution in [3.63, 3.8) is 0 Å². The second kappa shape index (κ2) is 9.51. The molecule has 4 rings (SSSR count). The summed E-state index contributed by atoms with van der Waals surface area (Å²) in [6.45, 7) is 4.16. The number of hydrogen-bond acceptors (Lipinski definition) is 7. The molecule has 0 bridgehead atoms. The summed E-state index contributed by atoms with van der Waals surface area (Å²) in [5.74, 6) is 0.752. The van der Waals surface area contributed by atoms with Crippen LogP contribution in [0.5, 0.6) is 5.75 Å². The quantitative estimate of drug-likeness (QED) is 0.594. The fraction of sp³-hybridized carbons (Fsp3) is 0.333. The Morgan fingerprint density at radius 1 is 1.33 bits per heavy atom. The van der Waals surface area contributed by atoms with Gasteiger partial charge < -0.3 is 14.8 Å². The van der Waals surface area contributed by atoms with E-state index in [1.165, 1.54) is 11.3 Å². The van der Waals surface area contributed by atoms with Gasteiger partial charge in [-0.15, -0.1) is 11.3 Å². The van der Waals surface area contributed by atoms with Crippen LogP contribution < -0.4 is 10.1 Å². The van der Waals surface area contributed by atoms with Gasteiger partial charge in [-0.25, -0.2) is 4.98 Å². The molecule has 0 saturated carbocycles. The van der Waals surface area contributed by atoms with Gasteiger partial charge in [0.05, 0.1) is 37.3 Å². The number of nitrogens with one attached hydrogen (secondary N) is 1. The molecule has 1 aromatic carbocycles. The van der Waals surface area contributed by atoms with Crippen LogP contribution in [-0.4, -0.2) is 40.9 Å². The summed E-state index contributed by atoms with van der Waals surface area (Å²) in [5.41, 5.74) is 2.78. The van der Waals surface area contributed by atoms with E-state index in [1.54, 1.807) is 18.3 Å². The zero-order valence-electron chi connectivity index (χ0n) is 16.4. The van der Waals surface area contributed by atoms with E-state index in [2.05, 4.69) is 20.5 Å². The van der Waals surface area contributed by atoms with Gasteiger partial charge in [-0.2, -0.15) is 10.2 Å². The molecule has 0 aliphatic carbocycles. The first-order chi connectivity index (χ1) is 14.6. The van der Waals surface area contributed by atoms with Gasteiger partial charge in [0.1, 0.15) is 15.1 Å². The predicted octanol–water partition coefficient (Wildman–Crippen LogP) is 3.91. The van der Waals surface area contributed by atoms with Crippen molar-refractivity contribution in [2.24, 2.45) is 5.92 Å². The van der Waals surface area contributed by atoms with Crippen LogP contribution in [0, 0.1) is 12.8 Å². The number of aryl methyl sites for hydroxylation is 1. The maximum Gasteiger partial charge on any atom is 0.251 e. The molecule has 1 fully saturated rings. The molecule has 9 heteroatoms. The van der Waals surface area contributed by atoms with Crippen molar-refractivity contribution >= 4 is 28.8 Å². The Kier molecular flexibility index (Phi) is 6.56. The lowest BCUT2D eigenvalue weighted by Crippen LogP contribution is -2.23. The fourth-order valence-electron chi connectivity index (χ4n) is 3.05. The Hall–Kier alpha value is -2.55. The van der Waals surface area contributed by atoms with Gasteiger partial charge in [-0.1, -0.05) is 11.6 Å². The van der Waals surface area contributed by atoms with Crippen LogP contribution in [0.2, 0.25) is 4.34 Å². The van der Waals surface area contributed by atoms with Gasteiger partial charge in [0.25, 0.3) is 5.91 Å². The second-order valence-corrected chi connectivity index (χ2v) is 8.77. The summed E-state index contributed by atoms with van der Waals surface area (Å²) in [4.78, 5) is 17.1. The molecule has 2 aromatic heterocycles. The molecule has 7 nitrogen and oxygen atoms in total. The van der Waals surface area contributed by atoms with E-state index >= 15 is 0 Å². The number of carbonyl (C=O) groups excluding carboxylic acids is 1. The molecule has 1 unspecified atom stereocenters. The van der Waals surface area contributed by atoms with Crippen LogP contribution in [0.25, 0.3) is 10.6 Å². The Morgan fingerprint density at radius 2 is 2.23 bits per heavy atom. The first-order valence-electron chi connectivity index (χ1n) is 9.61. The Balaban J connectivity index is 1.52. The minimum Gasteiger partial charge on any atom is -0.493 e. The monoisotopic (exact) mass is 444 g/mol. The number of amides is 1. The normalized spacial score (nSPS) is 15.9. The molecule has 0 radical (unpaired) electrons. The highest BCUT2D eigenvalue weighted by Gasteiger charge is 2.18. The van der Waals surface area contributed by atoms with Crippen LogP contribution in [-0.2, 0) is 11.3 Å². The number of ether oxygens (including phenoxy) is 2. The zero-order chi connectivity index (χ0) is 20.9. The third-order valence-electron chi connectivity index (χ3n) is 4.69. The van der Waals surface area contributed by atoms with E-state index in [0.717, 1.165) is 29.3 Å². The fourth-order valence-corrected chi connectivity index (χ4v) is 3.95. The number of thiazole rings is 1. The molecule has 3 heterocycles. The van der Waals surface area contributed by atoms with Gasteiger partial charge in [0.2, 0.25) is 0 Å². The van der Waals surface area contributed by atoms with Crippen molar-refractivity contribution in [2.45, 2.75) is 19.9 Å². The van der Waals surface area contributed by atoms with E-state index in [4.69, 9.17) is 21.1 Å². The molecule has 156 valence electrons. The number of rotatable bonds is 7. The molecule has 30 heavy (non-hydrogen) atoms. The molecule has 1 amide bonds. The highest BCUT2D eigenvalue weighted by atomic mass is 35.5. The third-order valence-corrected chi connectivity index (χ3v) is 5.85. The van der Waals surface area contributed by atoms with Crippen molar-refractivity contribution in [1.82, 2.24) is 20.5 Å². The van der Waals surface area contributed by atoms with Gasteiger partial charge in [0, 0.05) is 23.7 Å². The zero-order valence-corrected chi connectivity index (χ0v) is 18.0. The first kappa shape index (κ1) is 20.7. The number of carbonyl (C=O) groups is 1. The lowest BCUT2D eigenvalue weighted by atomic mass is 10.1. The van der Waals surface area contributed by atoms with Crippen LogP contribution in [0.15, 0.2) is 36.5 Å².